The monoisotopic (exact) mass is 114 g/mol. The van der Waals surface area contributed by atoms with Gasteiger partial charge in [0.15, 0.2) is 0 Å². The fraction of sp³-hybridized carbons (Fsp3) is 0.667. The minimum atomic E-state index is 0. The SMILES string of the molecule is CC(=O)CS.[NaH]. The number of ketones is 1. The van der Waals surface area contributed by atoms with Gasteiger partial charge in [0.1, 0.15) is 5.78 Å². The van der Waals surface area contributed by atoms with E-state index in [0.717, 1.165) is 0 Å². The number of hydrogen-bond acceptors (Lipinski definition) is 2. The Morgan fingerprint density at radius 2 is 2.00 bits per heavy atom. The average Bonchev–Trinajstić information content (AvgIpc) is 1.38. The molecular formula is C3H7NaOS. The molecule has 0 aliphatic rings. The summed E-state index contributed by atoms with van der Waals surface area (Å²) in [6.45, 7) is 1.51. The van der Waals surface area contributed by atoms with Crippen molar-refractivity contribution in [3.63, 3.8) is 0 Å². The van der Waals surface area contributed by atoms with E-state index in [2.05, 4.69) is 12.6 Å². The summed E-state index contributed by atoms with van der Waals surface area (Å²) in [7, 11) is 0. The Hall–Kier alpha value is 1.02. The fourth-order valence-corrected chi connectivity index (χ4v) is 0. The molecule has 0 aromatic carbocycles. The van der Waals surface area contributed by atoms with E-state index < -0.39 is 0 Å². The third kappa shape index (κ3) is 8.89. The summed E-state index contributed by atoms with van der Waals surface area (Å²) in [5.41, 5.74) is 0. The van der Waals surface area contributed by atoms with Crippen molar-refractivity contribution in [1.29, 1.82) is 0 Å². The van der Waals surface area contributed by atoms with Crippen LogP contribution in [0.4, 0.5) is 0 Å². The Morgan fingerprint density at radius 3 is 2.00 bits per heavy atom. The quantitative estimate of drug-likeness (QED) is 0.371. The van der Waals surface area contributed by atoms with Gasteiger partial charge in [-0.15, -0.1) is 0 Å². The van der Waals surface area contributed by atoms with Gasteiger partial charge in [-0.1, -0.05) is 0 Å². The number of rotatable bonds is 1. The molecule has 0 radical (unpaired) electrons. The first-order valence-electron chi connectivity index (χ1n) is 1.37. The summed E-state index contributed by atoms with van der Waals surface area (Å²) in [5, 5.41) is 0. The van der Waals surface area contributed by atoms with Crippen molar-refractivity contribution in [2.45, 2.75) is 6.92 Å². The van der Waals surface area contributed by atoms with Crippen LogP contribution in [0.2, 0.25) is 0 Å². The van der Waals surface area contributed by atoms with E-state index in [-0.39, 0.29) is 35.3 Å². The molecule has 0 unspecified atom stereocenters. The molecule has 0 rings (SSSR count). The second kappa shape index (κ2) is 6.02. The normalized spacial score (nSPS) is 6.33. The van der Waals surface area contributed by atoms with Gasteiger partial charge in [0, 0.05) is 5.75 Å². The molecule has 0 amide bonds. The third-order valence-electron chi connectivity index (χ3n) is 0.223. The summed E-state index contributed by atoms with van der Waals surface area (Å²) >= 11 is 3.67. The zero-order valence-corrected chi connectivity index (χ0v) is 3.96. The molecule has 0 atom stereocenters. The van der Waals surface area contributed by atoms with Gasteiger partial charge >= 0.3 is 29.6 Å². The second-order valence-electron chi connectivity index (χ2n) is 0.860. The van der Waals surface area contributed by atoms with Crippen LogP contribution in [-0.4, -0.2) is 41.1 Å². The van der Waals surface area contributed by atoms with Gasteiger partial charge in [-0.25, -0.2) is 0 Å². The summed E-state index contributed by atoms with van der Waals surface area (Å²) in [6.07, 6.45) is 0. The molecule has 1 nitrogen and oxygen atoms in total. The molecule has 32 valence electrons. The Balaban J connectivity index is 0. The van der Waals surface area contributed by atoms with Crippen LogP contribution in [0.3, 0.4) is 0 Å². The van der Waals surface area contributed by atoms with Gasteiger partial charge in [0.25, 0.3) is 0 Å². The maximum atomic E-state index is 9.74. The molecule has 0 aromatic rings. The van der Waals surface area contributed by atoms with E-state index in [0.29, 0.717) is 5.75 Å². The molecule has 0 saturated carbocycles. The van der Waals surface area contributed by atoms with E-state index in [9.17, 15) is 4.79 Å². The molecular weight excluding hydrogens is 107 g/mol. The van der Waals surface area contributed by atoms with Crippen LogP contribution in [0.5, 0.6) is 0 Å². The third-order valence-corrected chi connectivity index (χ3v) is 0.668. The first kappa shape index (κ1) is 10.1. The molecule has 0 bridgehead atoms. The van der Waals surface area contributed by atoms with Crippen molar-refractivity contribution >= 4 is 48.0 Å². The van der Waals surface area contributed by atoms with Crippen molar-refractivity contribution < 1.29 is 4.79 Å². The zero-order chi connectivity index (χ0) is 4.28. The average molecular weight is 114 g/mol. The predicted molar refractivity (Wildman–Crippen MR) is 31.7 cm³/mol. The second-order valence-corrected chi connectivity index (χ2v) is 1.18. The van der Waals surface area contributed by atoms with E-state index in [4.69, 9.17) is 0 Å². The number of carbonyl (C=O) groups excluding carboxylic acids is 1. The molecule has 0 saturated heterocycles. The minimum absolute atomic E-state index is 0. The van der Waals surface area contributed by atoms with Crippen molar-refractivity contribution in [2.24, 2.45) is 0 Å². The van der Waals surface area contributed by atoms with Crippen LogP contribution in [0.15, 0.2) is 0 Å². The Labute approximate surface area is 65.2 Å². The van der Waals surface area contributed by atoms with Crippen molar-refractivity contribution in [1.82, 2.24) is 0 Å². The molecule has 0 heterocycles. The van der Waals surface area contributed by atoms with Crippen molar-refractivity contribution in [3.8, 4) is 0 Å². The molecule has 0 aliphatic carbocycles. The van der Waals surface area contributed by atoms with Gasteiger partial charge in [0.2, 0.25) is 0 Å². The number of thiol groups is 1. The van der Waals surface area contributed by atoms with Gasteiger partial charge in [-0.05, 0) is 6.92 Å². The van der Waals surface area contributed by atoms with Crippen LogP contribution < -0.4 is 0 Å². The van der Waals surface area contributed by atoms with Crippen molar-refractivity contribution in [3.05, 3.63) is 0 Å². The van der Waals surface area contributed by atoms with Crippen LogP contribution in [0.25, 0.3) is 0 Å². The molecule has 3 heteroatoms. The number of hydrogen-bond donors (Lipinski definition) is 1. The van der Waals surface area contributed by atoms with Gasteiger partial charge in [0.05, 0.1) is 0 Å². The van der Waals surface area contributed by atoms with Gasteiger partial charge < -0.3 is 0 Å². The summed E-state index contributed by atoms with van der Waals surface area (Å²) in [5.74, 6) is 0.480. The molecule has 0 aromatic heterocycles. The molecule has 0 aliphatic heterocycles. The van der Waals surface area contributed by atoms with E-state index >= 15 is 0 Å². The van der Waals surface area contributed by atoms with Crippen molar-refractivity contribution in [2.75, 3.05) is 5.75 Å². The molecule has 6 heavy (non-hydrogen) atoms. The summed E-state index contributed by atoms with van der Waals surface area (Å²) in [6, 6.07) is 0. The predicted octanol–water partition coefficient (Wildman–Crippen LogP) is -0.143. The Bertz CT molecular complexity index is 46.1. The maximum absolute atomic E-state index is 9.74. The topological polar surface area (TPSA) is 17.1 Å². The number of Topliss-reactive ketones (excluding diaryl/α,β-unsaturated/α-hetero) is 1. The Kier molecular flexibility index (Phi) is 10.1. The summed E-state index contributed by atoms with van der Waals surface area (Å²) in [4.78, 5) is 9.74. The Morgan fingerprint density at radius 1 is 1.83 bits per heavy atom. The zero-order valence-electron chi connectivity index (χ0n) is 3.06. The van der Waals surface area contributed by atoms with E-state index in [1.54, 1.807) is 0 Å². The van der Waals surface area contributed by atoms with Gasteiger partial charge in [-0.3, -0.25) is 4.79 Å². The molecule has 0 N–H and O–H groups in total. The standard InChI is InChI=1S/C3H6OS.Na.H/c1-3(4)2-5;;/h5H,2H2,1H3;;. The van der Waals surface area contributed by atoms with E-state index in [1.807, 2.05) is 0 Å². The number of carbonyl (C=O) groups is 1. The van der Waals surface area contributed by atoms with Crippen LogP contribution in [-0.2, 0) is 4.79 Å². The van der Waals surface area contributed by atoms with Crippen LogP contribution in [0, 0.1) is 0 Å². The first-order valence-corrected chi connectivity index (χ1v) is 2.01. The fourth-order valence-electron chi connectivity index (χ4n) is 0. The van der Waals surface area contributed by atoms with Crippen LogP contribution >= 0.6 is 12.6 Å². The summed E-state index contributed by atoms with van der Waals surface area (Å²) < 4.78 is 0. The molecule has 0 spiro atoms. The van der Waals surface area contributed by atoms with Crippen LogP contribution in [0.1, 0.15) is 6.92 Å². The van der Waals surface area contributed by atoms with Gasteiger partial charge in [-0.2, -0.15) is 12.6 Å². The van der Waals surface area contributed by atoms with E-state index in [1.165, 1.54) is 6.92 Å². The molecule has 0 fully saturated rings. The first-order chi connectivity index (χ1) is 2.27.